The van der Waals surface area contributed by atoms with Gasteiger partial charge in [0.05, 0.1) is 5.30 Å². The largest absolute Gasteiger partial charge is 0.358 e. The smallest absolute Gasteiger partial charge is 0.321 e. The molecule has 0 heterocycles. The molecule has 0 bridgehead atoms. The van der Waals surface area contributed by atoms with Crippen molar-refractivity contribution in [1.82, 2.24) is 0 Å². The second-order valence-corrected chi connectivity index (χ2v) is 6.67. The van der Waals surface area contributed by atoms with Crippen LogP contribution in [0.25, 0.3) is 10.8 Å². The number of hydrogen-bond donors (Lipinski definition) is 3. The van der Waals surface area contributed by atoms with Gasteiger partial charge in [-0.1, -0.05) is 47.7 Å². The second-order valence-electron chi connectivity index (χ2n) is 5.10. The van der Waals surface area contributed by atoms with Gasteiger partial charge in [0, 0.05) is 5.39 Å². The molecule has 0 amide bonds. The molecular formula is C16H14N5O3P. The predicted octanol–water partition coefficient (Wildman–Crippen LogP) is 4.02. The lowest BCUT2D eigenvalue weighted by molar-refractivity contribution is 0.387. The molecule has 3 rings (SSSR count). The van der Waals surface area contributed by atoms with Gasteiger partial charge in [-0.25, -0.2) is 0 Å². The molecule has 8 nitrogen and oxygen atoms in total. The van der Waals surface area contributed by atoms with Crippen LogP contribution in [0.2, 0.25) is 0 Å². The van der Waals surface area contributed by atoms with E-state index in [4.69, 9.17) is 5.84 Å². The summed E-state index contributed by atoms with van der Waals surface area (Å²) in [6.07, 6.45) is 0. The zero-order valence-electron chi connectivity index (χ0n) is 12.9. The molecule has 0 saturated heterocycles. The lowest BCUT2D eigenvalue weighted by Gasteiger charge is -2.07. The van der Waals surface area contributed by atoms with Crippen molar-refractivity contribution in [2.75, 3.05) is 0 Å². The van der Waals surface area contributed by atoms with E-state index in [-0.39, 0.29) is 11.0 Å². The number of hydrogen-bond acceptors (Lipinski definition) is 5. The van der Waals surface area contributed by atoms with E-state index in [1.54, 1.807) is 12.1 Å². The van der Waals surface area contributed by atoms with Crippen molar-refractivity contribution in [3.05, 3.63) is 60.7 Å². The highest BCUT2D eigenvalue weighted by molar-refractivity contribution is 7.60. The predicted molar refractivity (Wildman–Crippen MR) is 94.9 cm³/mol. The number of benzene rings is 3. The topological polar surface area (TPSA) is 133 Å². The maximum absolute atomic E-state index is 11.6. The number of azo groups is 1. The van der Waals surface area contributed by atoms with Crippen LogP contribution in [0.5, 0.6) is 0 Å². The average Bonchev–Trinajstić information content (AvgIpc) is 2.60. The Kier molecular flexibility index (Phi) is 4.67. The fourth-order valence-electron chi connectivity index (χ4n) is 2.39. The highest BCUT2D eigenvalue weighted by Crippen LogP contribution is 2.40. The third-order valence-corrected chi connectivity index (χ3v) is 4.50. The molecule has 0 saturated carbocycles. The molecule has 0 aliphatic heterocycles. The molecule has 3 aromatic carbocycles. The molecule has 0 aliphatic rings. The molecule has 0 unspecified atom stereocenters. The van der Waals surface area contributed by atoms with Crippen LogP contribution in [0.15, 0.2) is 81.2 Å². The Bertz CT molecular complexity index is 1030. The SMILES string of the molecule is NN=Nc1ccc2ccccc2c1N=Nc1ccccc1P(=O)(O)O. The van der Waals surface area contributed by atoms with Crippen molar-refractivity contribution in [2.45, 2.75) is 0 Å². The van der Waals surface area contributed by atoms with E-state index in [0.29, 0.717) is 11.4 Å². The third-order valence-electron chi connectivity index (χ3n) is 3.50. The van der Waals surface area contributed by atoms with Gasteiger partial charge in [-0.2, -0.15) is 0 Å². The first-order chi connectivity index (χ1) is 12.0. The van der Waals surface area contributed by atoms with E-state index in [0.717, 1.165) is 10.8 Å². The summed E-state index contributed by atoms with van der Waals surface area (Å²) < 4.78 is 11.6. The molecule has 0 spiro atoms. The number of nitrogens with two attached hydrogens (primary N) is 1. The Morgan fingerprint density at radius 2 is 1.52 bits per heavy atom. The fraction of sp³-hybridized carbons (Fsp3) is 0. The van der Waals surface area contributed by atoms with Gasteiger partial charge < -0.3 is 15.6 Å². The van der Waals surface area contributed by atoms with Crippen LogP contribution in [0.3, 0.4) is 0 Å². The third kappa shape index (κ3) is 3.61. The summed E-state index contributed by atoms with van der Waals surface area (Å²) in [5.41, 5.74) is 0.894. The summed E-state index contributed by atoms with van der Waals surface area (Å²) in [5.74, 6) is 5.15. The van der Waals surface area contributed by atoms with Crippen molar-refractivity contribution in [3.8, 4) is 0 Å². The molecule has 25 heavy (non-hydrogen) atoms. The van der Waals surface area contributed by atoms with Gasteiger partial charge in [-0.3, -0.25) is 4.57 Å². The molecule has 4 N–H and O–H groups in total. The number of fused-ring (bicyclic) bond motifs is 1. The van der Waals surface area contributed by atoms with E-state index in [1.807, 2.05) is 30.3 Å². The minimum Gasteiger partial charge on any atom is -0.321 e. The van der Waals surface area contributed by atoms with Gasteiger partial charge in [0.15, 0.2) is 0 Å². The zero-order valence-corrected chi connectivity index (χ0v) is 13.8. The molecule has 0 aliphatic carbocycles. The summed E-state index contributed by atoms with van der Waals surface area (Å²) in [6, 6.07) is 17.0. The molecular weight excluding hydrogens is 341 g/mol. The molecule has 0 fully saturated rings. The van der Waals surface area contributed by atoms with Crippen molar-refractivity contribution in [1.29, 1.82) is 0 Å². The van der Waals surface area contributed by atoms with Crippen molar-refractivity contribution in [3.63, 3.8) is 0 Å². The van der Waals surface area contributed by atoms with Crippen molar-refractivity contribution in [2.24, 2.45) is 26.4 Å². The van der Waals surface area contributed by atoms with E-state index in [9.17, 15) is 14.4 Å². The molecule has 3 aromatic rings. The summed E-state index contributed by atoms with van der Waals surface area (Å²) in [5, 5.41) is 16.8. The Morgan fingerprint density at radius 1 is 0.800 bits per heavy atom. The highest BCUT2D eigenvalue weighted by atomic mass is 31.2. The maximum Gasteiger partial charge on any atom is 0.358 e. The van der Waals surface area contributed by atoms with Gasteiger partial charge in [-0.05, 0) is 23.6 Å². The fourth-order valence-corrected chi connectivity index (χ4v) is 3.09. The summed E-state index contributed by atoms with van der Waals surface area (Å²) in [7, 11) is -4.47. The van der Waals surface area contributed by atoms with Crippen LogP contribution in [-0.4, -0.2) is 9.79 Å². The van der Waals surface area contributed by atoms with Gasteiger partial charge in [0.2, 0.25) is 0 Å². The van der Waals surface area contributed by atoms with E-state index < -0.39 is 7.60 Å². The summed E-state index contributed by atoms with van der Waals surface area (Å²) in [4.78, 5) is 18.9. The van der Waals surface area contributed by atoms with Gasteiger partial charge in [0.1, 0.15) is 17.1 Å². The first-order valence-corrected chi connectivity index (χ1v) is 8.81. The Morgan fingerprint density at radius 3 is 2.28 bits per heavy atom. The Hall–Kier alpha value is -2.93. The van der Waals surface area contributed by atoms with Crippen LogP contribution in [0.1, 0.15) is 0 Å². The van der Waals surface area contributed by atoms with Crippen molar-refractivity contribution >= 4 is 40.7 Å². The Labute approximate surface area is 142 Å². The van der Waals surface area contributed by atoms with Crippen LogP contribution < -0.4 is 11.1 Å². The van der Waals surface area contributed by atoms with E-state index in [2.05, 4.69) is 20.6 Å². The normalized spacial score (nSPS) is 12.4. The summed E-state index contributed by atoms with van der Waals surface area (Å²) >= 11 is 0. The van der Waals surface area contributed by atoms with Crippen LogP contribution in [-0.2, 0) is 4.57 Å². The molecule has 0 atom stereocenters. The first-order valence-electron chi connectivity index (χ1n) is 7.20. The zero-order chi connectivity index (χ0) is 17.9. The second kappa shape index (κ2) is 6.90. The monoisotopic (exact) mass is 355 g/mol. The summed E-state index contributed by atoms with van der Waals surface area (Å²) in [6.45, 7) is 0. The van der Waals surface area contributed by atoms with E-state index in [1.165, 1.54) is 18.2 Å². The maximum atomic E-state index is 11.6. The average molecular weight is 355 g/mol. The molecule has 9 heteroatoms. The first kappa shape index (κ1) is 16.9. The van der Waals surface area contributed by atoms with Crippen LogP contribution >= 0.6 is 7.60 Å². The standard InChI is InChI=1S/C16H14N5O3P/c17-21-19-14-10-9-11-5-1-2-6-12(11)16(14)20-18-13-7-3-4-8-15(13)25(22,23)24/h1-10H,(H2,17,19)(H2,22,23,24). The van der Waals surface area contributed by atoms with Crippen LogP contribution in [0, 0.1) is 0 Å². The van der Waals surface area contributed by atoms with E-state index >= 15 is 0 Å². The minimum atomic E-state index is -4.47. The quantitative estimate of drug-likeness (QED) is 0.282. The lowest BCUT2D eigenvalue weighted by atomic mass is 10.1. The highest BCUT2D eigenvalue weighted by Gasteiger charge is 2.21. The minimum absolute atomic E-state index is 0.0828. The molecule has 126 valence electrons. The van der Waals surface area contributed by atoms with Crippen LogP contribution in [0.4, 0.5) is 17.1 Å². The number of rotatable bonds is 4. The molecule has 0 aromatic heterocycles. The molecule has 0 radical (unpaired) electrons. The Balaban J connectivity index is 2.17. The number of nitrogens with zero attached hydrogens (tertiary/aromatic N) is 4. The van der Waals surface area contributed by atoms with Crippen molar-refractivity contribution < 1.29 is 14.4 Å². The van der Waals surface area contributed by atoms with Gasteiger partial charge in [0.25, 0.3) is 0 Å². The van der Waals surface area contributed by atoms with Gasteiger partial charge in [-0.15, -0.1) is 15.3 Å². The van der Waals surface area contributed by atoms with Gasteiger partial charge >= 0.3 is 7.60 Å². The lowest BCUT2D eigenvalue weighted by Crippen LogP contribution is -2.03.